The monoisotopic (exact) mass is 712 g/mol. The Morgan fingerprint density at radius 2 is 1.60 bits per heavy atom. The lowest BCUT2D eigenvalue weighted by Gasteiger charge is -2.38. The average molecular weight is 713 g/mol. The highest BCUT2D eigenvalue weighted by atomic mass is 32.2. The van der Waals surface area contributed by atoms with Crippen molar-refractivity contribution in [3.8, 4) is 0 Å². The van der Waals surface area contributed by atoms with E-state index >= 15 is 0 Å². The van der Waals surface area contributed by atoms with E-state index < -0.39 is 50.2 Å². The Labute approximate surface area is 299 Å². The first kappa shape index (κ1) is 39.9. The van der Waals surface area contributed by atoms with Gasteiger partial charge in [-0.15, -0.1) is 0 Å². The molecule has 1 aromatic rings. The molecule has 4 rings (SSSR count). The normalized spacial score (nSPS) is 24.1. The lowest BCUT2D eigenvalue weighted by molar-refractivity contribution is -0.148. The molecule has 0 bridgehead atoms. The van der Waals surface area contributed by atoms with E-state index in [2.05, 4.69) is 13.8 Å². The number of carbonyl (C=O) groups is 5. The second-order valence-electron chi connectivity index (χ2n) is 18.3. The minimum atomic E-state index is -3.54. The third-order valence-electron chi connectivity index (χ3n) is 11.8. The van der Waals surface area contributed by atoms with Crippen molar-refractivity contribution < 1.29 is 32.4 Å². The molecule has 0 spiro atoms. The van der Waals surface area contributed by atoms with Crippen LogP contribution in [0.2, 0.25) is 0 Å². The summed E-state index contributed by atoms with van der Waals surface area (Å²) >= 11 is 0. The molecule has 1 aliphatic heterocycles. The van der Waals surface area contributed by atoms with Crippen molar-refractivity contribution in [3.05, 3.63) is 35.9 Å². The standard InChI is InChI=1S/C40H60N2O7S/c1-25(2)20-40(8,24-50(48,49)23-27-13-10-9-11-14-27)21-29(43)19-30(38(3,4)5)37(47)42-22-31-33(39(31,6)7)34(42)32(44)18-28(35(45)36(41)46)17-26-15-12-16-26/h9-11,13-14,25-26,28,30-31,33-34H,12,15-24H2,1-8H3,(H2,41,46)/t28?,30-,31?,33+,34-,40?/m1/s1. The molecule has 3 aliphatic rings. The van der Waals surface area contributed by atoms with Gasteiger partial charge in [-0.1, -0.05) is 105 Å². The van der Waals surface area contributed by atoms with E-state index in [9.17, 15) is 32.4 Å². The van der Waals surface area contributed by atoms with Gasteiger partial charge >= 0.3 is 0 Å². The van der Waals surface area contributed by atoms with Gasteiger partial charge in [0, 0.05) is 37.6 Å². The number of carbonyl (C=O) groups excluding carboxylic acids is 5. The maximum atomic E-state index is 14.5. The highest BCUT2D eigenvalue weighted by Gasteiger charge is 2.69. The fraction of sp³-hybridized carbons (Fsp3) is 0.725. The zero-order valence-corrected chi connectivity index (χ0v) is 32.3. The van der Waals surface area contributed by atoms with Gasteiger partial charge < -0.3 is 10.6 Å². The van der Waals surface area contributed by atoms with Gasteiger partial charge in [0.25, 0.3) is 5.91 Å². The number of likely N-dealkylation sites (tertiary alicyclic amines) is 1. The Morgan fingerprint density at radius 3 is 2.12 bits per heavy atom. The first-order chi connectivity index (χ1) is 23.0. The molecule has 278 valence electrons. The second kappa shape index (κ2) is 15.0. The molecule has 2 amide bonds. The summed E-state index contributed by atoms with van der Waals surface area (Å²) in [7, 11) is -3.54. The molecule has 2 N–H and O–H groups in total. The molecule has 0 radical (unpaired) electrons. The smallest absolute Gasteiger partial charge is 0.285 e. The van der Waals surface area contributed by atoms with Gasteiger partial charge in [-0.3, -0.25) is 24.0 Å². The molecule has 9 nitrogen and oxygen atoms in total. The molecule has 0 aromatic heterocycles. The Balaban J connectivity index is 1.53. The highest BCUT2D eigenvalue weighted by Crippen LogP contribution is 2.65. The molecular weight excluding hydrogens is 653 g/mol. The van der Waals surface area contributed by atoms with E-state index in [1.807, 2.05) is 59.7 Å². The van der Waals surface area contributed by atoms with Crippen molar-refractivity contribution >= 4 is 39.0 Å². The zero-order valence-electron chi connectivity index (χ0n) is 31.5. The lowest BCUT2D eigenvalue weighted by atomic mass is 9.73. The van der Waals surface area contributed by atoms with Gasteiger partial charge in [-0.25, -0.2) is 8.42 Å². The van der Waals surface area contributed by atoms with Crippen LogP contribution in [-0.4, -0.2) is 60.8 Å². The van der Waals surface area contributed by atoms with Crippen molar-refractivity contribution in [2.24, 2.45) is 57.5 Å². The Morgan fingerprint density at radius 1 is 0.980 bits per heavy atom. The Kier molecular flexibility index (Phi) is 12.0. The van der Waals surface area contributed by atoms with Crippen molar-refractivity contribution in [2.75, 3.05) is 12.3 Å². The van der Waals surface area contributed by atoms with E-state index in [-0.39, 0.29) is 77.3 Å². The van der Waals surface area contributed by atoms with Crippen LogP contribution in [0.1, 0.15) is 112 Å². The van der Waals surface area contributed by atoms with Gasteiger partial charge in [-0.2, -0.15) is 0 Å². The maximum Gasteiger partial charge on any atom is 0.285 e. The highest BCUT2D eigenvalue weighted by molar-refractivity contribution is 7.90. The van der Waals surface area contributed by atoms with E-state index in [1.165, 1.54) is 0 Å². The van der Waals surface area contributed by atoms with E-state index in [1.54, 1.807) is 17.0 Å². The molecule has 3 fully saturated rings. The number of primary amides is 1. The predicted molar refractivity (Wildman–Crippen MR) is 194 cm³/mol. The summed E-state index contributed by atoms with van der Waals surface area (Å²) in [4.78, 5) is 69.1. The SMILES string of the molecule is CC(C)CC(C)(CC(=O)C[C@H](C(=O)N1CC2[C@@H]([C@H]1C(=O)CC(CC1CCC1)C(=O)C(N)=O)C2(C)C)C(C)(C)C)CS(=O)(=O)Cc1ccccc1. The number of amides is 2. The molecule has 6 atom stereocenters. The van der Waals surface area contributed by atoms with Crippen molar-refractivity contribution in [3.63, 3.8) is 0 Å². The third kappa shape index (κ3) is 9.51. The molecule has 2 saturated carbocycles. The van der Waals surface area contributed by atoms with Crippen LogP contribution in [0.4, 0.5) is 0 Å². The van der Waals surface area contributed by atoms with Gasteiger partial charge in [-0.05, 0) is 58.3 Å². The van der Waals surface area contributed by atoms with Crippen LogP contribution in [0.3, 0.4) is 0 Å². The van der Waals surface area contributed by atoms with Crippen LogP contribution in [0.25, 0.3) is 0 Å². The molecule has 2 aliphatic carbocycles. The van der Waals surface area contributed by atoms with Crippen LogP contribution >= 0.6 is 0 Å². The second-order valence-corrected chi connectivity index (χ2v) is 20.3. The third-order valence-corrected chi connectivity index (χ3v) is 13.7. The largest absolute Gasteiger partial charge is 0.363 e. The van der Waals surface area contributed by atoms with Crippen molar-refractivity contribution in [1.29, 1.82) is 0 Å². The molecule has 10 heteroatoms. The predicted octanol–water partition coefficient (Wildman–Crippen LogP) is 5.97. The van der Waals surface area contributed by atoms with Crippen molar-refractivity contribution in [2.45, 2.75) is 119 Å². The maximum absolute atomic E-state index is 14.5. The zero-order chi connectivity index (χ0) is 37.4. The quantitative estimate of drug-likeness (QED) is 0.185. The molecule has 1 heterocycles. The molecule has 1 aromatic carbocycles. The number of hydrogen-bond acceptors (Lipinski definition) is 7. The van der Waals surface area contributed by atoms with Crippen LogP contribution in [0, 0.1) is 51.8 Å². The fourth-order valence-electron chi connectivity index (χ4n) is 9.18. The molecule has 50 heavy (non-hydrogen) atoms. The number of nitrogens with two attached hydrogens (primary N) is 1. The van der Waals surface area contributed by atoms with Gasteiger partial charge in [0.1, 0.15) is 5.78 Å². The number of benzene rings is 1. The summed E-state index contributed by atoms with van der Waals surface area (Å²) in [5.74, 6) is -3.66. The number of rotatable bonds is 18. The number of sulfone groups is 1. The fourth-order valence-corrected chi connectivity index (χ4v) is 11.3. The van der Waals surface area contributed by atoms with Crippen molar-refractivity contribution in [1.82, 2.24) is 4.90 Å². The number of ketones is 3. The van der Waals surface area contributed by atoms with Crippen LogP contribution in [-0.2, 0) is 39.6 Å². The van der Waals surface area contributed by atoms with Crippen LogP contribution < -0.4 is 5.73 Å². The Hall–Kier alpha value is -2.88. The first-order valence-corrected chi connectivity index (χ1v) is 20.3. The molecular formula is C40H60N2O7S. The van der Waals surface area contributed by atoms with E-state index in [0.717, 1.165) is 19.3 Å². The lowest BCUT2D eigenvalue weighted by Crippen LogP contribution is -2.51. The van der Waals surface area contributed by atoms with Gasteiger partial charge in [0.15, 0.2) is 15.6 Å². The van der Waals surface area contributed by atoms with Gasteiger partial charge in [0.05, 0.1) is 17.5 Å². The summed E-state index contributed by atoms with van der Waals surface area (Å²) in [6.45, 7) is 16.2. The number of Topliss-reactive ketones (excluding diaryl/α,β-unsaturated/α-hetero) is 3. The minimum absolute atomic E-state index is 0.0256. The number of piperidine rings is 1. The Bertz CT molecular complexity index is 1560. The number of hydrogen-bond donors (Lipinski definition) is 1. The van der Waals surface area contributed by atoms with E-state index in [4.69, 9.17) is 5.73 Å². The summed E-state index contributed by atoms with van der Waals surface area (Å²) < 4.78 is 26.8. The van der Waals surface area contributed by atoms with Gasteiger partial charge in [0.2, 0.25) is 11.7 Å². The number of nitrogens with zero attached hydrogens (tertiary/aromatic N) is 1. The molecule has 1 saturated heterocycles. The summed E-state index contributed by atoms with van der Waals surface area (Å²) in [6.07, 6.45) is 3.79. The number of fused-ring (bicyclic) bond motifs is 1. The topological polar surface area (TPSA) is 149 Å². The molecule has 3 unspecified atom stereocenters. The minimum Gasteiger partial charge on any atom is -0.363 e. The summed E-state index contributed by atoms with van der Waals surface area (Å²) in [5.41, 5.74) is 4.52. The summed E-state index contributed by atoms with van der Waals surface area (Å²) in [6, 6.07) is 8.29. The first-order valence-electron chi connectivity index (χ1n) is 18.5. The average Bonchev–Trinajstić information content (AvgIpc) is 3.27. The van der Waals surface area contributed by atoms with Crippen LogP contribution in [0.15, 0.2) is 30.3 Å². The summed E-state index contributed by atoms with van der Waals surface area (Å²) in [5, 5.41) is 0. The van der Waals surface area contributed by atoms with Crippen LogP contribution in [0.5, 0.6) is 0 Å². The van der Waals surface area contributed by atoms with E-state index in [0.29, 0.717) is 24.9 Å².